The van der Waals surface area contributed by atoms with Crippen LogP contribution in [-0.2, 0) is 9.53 Å². The lowest BCUT2D eigenvalue weighted by molar-refractivity contribution is -0.134. The zero-order valence-electron chi connectivity index (χ0n) is 11.2. The van der Waals surface area contributed by atoms with Gasteiger partial charge in [-0.3, -0.25) is 0 Å². The van der Waals surface area contributed by atoms with Gasteiger partial charge in [-0.15, -0.1) is 0 Å². The summed E-state index contributed by atoms with van der Waals surface area (Å²) in [5.41, 5.74) is 0.865. The van der Waals surface area contributed by atoms with E-state index in [1.54, 1.807) is 11.8 Å². The average Bonchev–Trinajstić information content (AvgIpc) is 2.86. The van der Waals surface area contributed by atoms with Crippen LogP contribution in [0.2, 0.25) is 0 Å². The van der Waals surface area contributed by atoms with E-state index in [4.69, 9.17) is 4.74 Å². The number of fused-ring (bicyclic) bond motifs is 1. The van der Waals surface area contributed by atoms with Crippen molar-refractivity contribution in [3.8, 4) is 0 Å². The highest BCUT2D eigenvalue weighted by Crippen LogP contribution is 2.21. The standard InChI is InChI=1S/C16H15NO2S/c1-20-9-8-14-16(18)19-15(17-14)13-7-6-11-4-2-3-5-12(11)10-13/h2-7,10,14H,8-9H2,1H3. The molecule has 0 aliphatic carbocycles. The Balaban J connectivity index is 1.89. The van der Waals surface area contributed by atoms with E-state index in [1.807, 2.05) is 42.7 Å². The Hall–Kier alpha value is -1.81. The smallest absolute Gasteiger partial charge is 0.337 e. The number of rotatable bonds is 4. The van der Waals surface area contributed by atoms with Gasteiger partial charge in [0.05, 0.1) is 0 Å². The van der Waals surface area contributed by atoms with Crippen LogP contribution in [0.4, 0.5) is 0 Å². The molecule has 1 unspecified atom stereocenters. The number of carbonyl (C=O) groups excluding carboxylic acids is 1. The van der Waals surface area contributed by atoms with Crippen molar-refractivity contribution in [1.82, 2.24) is 0 Å². The number of esters is 1. The maximum absolute atomic E-state index is 11.8. The largest absolute Gasteiger partial charge is 0.406 e. The minimum atomic E-state index is -0.344. The summed E-state index contributed by atoms with van der Waals surface area (Å²) in [6, 6.07) is 13.7. The molecule has 20 heavy (non-hydrogen) atoms. The summed E-state index contributed by atoms with van der Waals surface area (Å²) in [4.78, 5) is 16.2. The Kier molecular flexibility index (Phi) is 3.74. The van der Waals surface area contributed by atoms with Crippen LogP contribution in [0.1, 0.15) is 12.0 Å². The minimum absolute atomic E-state index is 0.234. The van der Waals surface area contributed by atoms with Gasteiger partial charge in [-0.1, -0.05) is 30.3 Å². The summed E-state index contributed by atoms with van der Waals surface area (Å²) in [6.45, 7) is 0. The molecule has 0 spiro atoms. The van der Waals surface area contributed by atoms with Crippen LogP contribution in [0.15, 0.2) is 47.5 Å². The third-order valence-corrected chi connectivity index (χ3v) is 3.98. The van der Waals surface area contributed by atoms with Crippen molar-refractivity contribution in [3.05, 3.63) is 48.0 Å². The summed E-state index contributed by atoms with van der Waals surface area (Å²) in [7, 11) is 0. The maximum atomic E-state index is 11.8. The van der Waals surface area contributed by atoms with Crippen LogP contribution in [0.3, 0.4) is 0 Å². The highest BCUT2D eigenvalue weighted by Gasteiger charge is 2.29. The predicted molar refractivity (Wildman–Crippen MR) is 83.4 cm³/mol. The van der Waals surface area contributed by atoms with Crippen LogP contribution in [-0.4, -0.2) is 29.9 Å². The zero-order valence-corrected chi connectivity index (χ0v) is 12.0. The number of benzene rings is 2. The molecule has 1 atom stereocenters. The number of nitrogens with zero attached hydrogens (tertiary/aromatic N) is 1. The highest BCUT2D eigenvalue weighted by molar-refractivity contribution is 7.98. The molecule has 1 heterocycles. The van der Waals surface area contributed by atoms with E-state index in [-0.39, 0.29) is 12.0 Å². The van der Waals surface area contributed by atoms with Crippen molar-refractivity contribution in [1.29, 1.82) is 0 Å². The number of hydrogen-bond acceptors (Lipinski definition) is 4. The molecule has 3 nitrogen and oxygen atoms in total. The van der Waals surface area contributed by atoms with E-state index >= 15 is 0 Å². The molecule has 0 radical (unpaired) electrons. The van der Waals surface area contributed by atoms with Crippen molar-refractivity contribution in [3.63, 3.8) is 0 Å². The molecule has 0 bridgehead atoms. The van der Waals surface area contributed by atoms with E-state index in [0.29, 0.717) is 5.90 Å². The van der Waals surface area contributed by atoms with E-state index < -0.39 is 0 Å². The second-order valence-corrected chi connectivity index (χ2v) is 5.70. The van der Waals surface area contributed by atoms with E-state index in [0.717, 1.165) is 23.1 Å². The Morgan fingerprint density at radius 2 is 2.00 bits per heavy atom. The number of ether oxygens (including phenoxy) is 1. The summed E-state index contributed by atoms with van der Waals surface area (Å²) >= 11 is 1.71. The Morgan fingerprint density at radius 1 is 1.20 bits per heavy atom. The topological polar surface area (TPSA) is 38.7 Å². The summed E-state index contributed by atoms with van der Waals surface area (Å²) in [6.07, 6.45) is 2.76. The molecule has 0 fully saturated rings. The molecule has 2 aromatic carbocycles. The van der Waals surface area contributed by atoms with E-state index in [1.165, 1.54) is 5.39 Å². The van der Waals surface area contributed by atoms with Crippen molar-refractivity contribution in [2.24, 2.45) is 4.99 Å². The van der Waals surface area contributed by atoms with Crippen molar-refractivity contribution in [2.45, 2.75) is 12.5 Å². The Bertz CT molecular complexity index is 681. The molecule has 1 aliphatic heterocycles. The first-order valence-corrected chi connectivity index (χ1v) is 7.95. The number of thioether (sulfide) groups is 1. The van der Waals surface area contributed by atoms with Gasteiger partial charge in [-0.05, 0) is 41.3 Å². The second-order valence-electron chi connectivity index (χ2n) is 4.71. The number of aliphatic imine (C=N–C) groups is 1. The molecule has 3 rings (SSSR count). The van der Waals surface area contributed by atoms with Gasteiger partial charge < -0.3 is 4.74 Å². The van der Waals surface area contributed by atoms with Crippen LogP contribution in [0.25, 0.3) is 10.8 Å². The summed E-state index contributed by atoms with van der Waals surface area (Å²) < 4.78 is 5.31. The fourth-order valence-electron chi connectivity index (χ4n) is 2.25. The van der Waals surface area contributed by atoms with Crippen LogP contribution in [0, 0.1) is 0 Å². The fourth-order valence-corrected chi connectivity index (χ4v) is 2.71. The van der Waals surface area contributed by atoms with Crippen LogP contribution < -0.4 is 0 Å². The summed E-state index contributed by atoms with van der Waals surface area (Å²) in [5, 5.41) is 2.29. The molecule has 1 aliphatic rings. The monoisotopic (exact) mass is 285 g/mol. The number of hydrogen-bond donors (Lipinski definition) is 0. The van der Waals surface area contributed by atoms with Gasteiger partial charge in [-0.2, -0.15) is 11.8 Å². The minimum Gasteiger partial charge on any atom is -0.406 e. The van der Waals surface area contributed by atoms with Gasteiger partial charge in [0, 0.05) is 5.56 Å². The predicted octanol–water partition coefficient (Wildman–Crippen LogP) is 3.26. The zero-order chi connectivity index (χ0) is 13.9. The van der Waals surface area contributed by atoms with Crippen molar-refractivity contribution in [2.75, 3.05) is 12.0 Å². The molecule has 102 valence electrons. The molecule has 0 N–H and O–H groups in total. The highest BCUT2D eigenvalue weighted by atomic mass is 32.2. The first-order valence-electron chi connectivity index (χ1n) is 6.55. The maximum Gasteiger partial charge on any atom is 0.337 e. The third-order valence-electron chi connectivity index (χ3n) is 3.33. The molecule has 0 amide bonds. The molecule has 2 aromatic rings. The Morgan fingerprint density at radius 3 is 2.80 bits per heavy atom. The van der Waals surface area contributed by atoms with E-state index in [2.05, 4.69) is 11.1 Å². The van der Waals surface area contributed by atoms with Gasteiger partial charge in [0.15, 0.2) is 6.04 Å². The summed E-state index contributed by atoms with van der Waals surface area (Å²) in [5.74, 6) is 1.13. The first-order chi connectivity index (χ1) is 9.78. The van der Waals surface area contributed by atoms with Crippen molar-refractivity contribution >= 4 is 34.4 Å². The molecule has 0 saturated heterocycles. The third kappa shape index (κ3) is 2.56. The van der Waals surface area contributed by atoms with Crippen LogP contribution >= 0.6 is 11.8 Å². The van der Waals surface area contributed by atoms with Gasteiger partial charge >= 0.3 is 5.97 Å². The van der Waals surface area contributed by atoms with Crippen LogP contribution in [0.5, 0.6) is 0 Å². The average molecular weight is 285 g/mol. The molecular formula is C16H15NO2S. The first kappa shape index (κ1) is 13.2. The van der Waals surface area contributed by atoms with Gasteiger partial charge in [0.25, 0.3) is 0 Å². The van der Waals surface area contributed by atoms with Gasteiger partial charge in [-0.25, -0.2) is 9.79 Å². The SMILES string of the molecule is CSCCC1N=C(c2ccc3ccccc3c2)OC1=O. The molecule has 0 saturated carbocycles. The van der Waals surface area contributed by atoms with E-state index in [9.17, 15) is 4.79 Å². The Labute approximate surface area is 122 Å². The fraction of sp³-hybridized carbons (Fsp3) is 0.250. The lowest BCUT2D eigenvalue weighted by Crippen LogP contribution is -2.15. The number of cyclic esters (lactones) is 1. The second kappa shape index (κ2) is 5.67. The normalized spacial score (nSPS) is 18.1. The van der Waals surface area contributed by atoms with Gasteiger partial charge in [0.2, 0.25) is 5.90 Å². The molecule has 4 heteroatoms. The lowest BCUT2D eigenvalue weighted by Gasteiger charge is -2.02. The quantitative estimate of drug-likeness (QED) is 0.809. The lowest BCUT2D eigenvalue weighted by atomic mass is 10.1. The number of carbonyl (C=O) groups is 1. The van der Waals surface area contributed by atoms with Crippen molar-refractivity contribution < 1.29 is 9.53 Å². The van der Waals surface area contributed by atoms with Gasteiger partial charge in [0.1, 0.15) is 0 Å². The molecular weight excluding hydrogens is 270 g/mol. The molecule has 0 aromatic heterocycles.